The van der Waals surface area contributed by atoms with Gasteiger partial charge in [0, 0.05) is 0 Å². The molecule has 0 heterocycles. The van der Waals surface area contributed by atoms with Crippen molar-refractivity contribution >= 4 is 26.4 Å². The van der Waals surface area contributed by atoms with Crippen LogP contribution in [0.4, 0.5) is 0 Å². The Hall–Kier alpha value is -0.991. The van der Waals surface area contributed by atoms with Gasteiger partial charge in [0.1, 0.15) is 0 Å². The van der Waals surface area contributed by atoms with E-state index in [0.29, 0.717) is 0 Å². The van der Waals surface area contributed by atoms with E-state index in [2.05, 4.69) is 16.0 Å². The van der Waals surface area contributed by atoms with E-state index in [0.717, 1.165) is 4.46 Å². The molecule has 0 unspecified atom stereocenters. The molecule has 1 rings (SSSR count). The normalized spacial score (nSPS) is 9.45. The quantitative estimate of drug-likeness (QED) is 0.607. The van der Waals surface area contributed by atoms with E-state index < -0.39 is 5.91 Å². The number of phenols is 1. The van der Waals surface area contributed by atoms with Crippen LogP contribution >= 0.6 is 0 Å². The first-order chi connectivity index (χ1) is 5.11. The molecule has 0 saturated carbocycles. The summed E-state index contributed by atoms with van der Waals surface area (Å²) in [5.41, 5.74) is 5.11. The second kappa shape index (κ2) is 2.94. The SMILES string of the molecule is NC(=O)c1cc([Se])ccc1O. The maximum atomic E-state index is 10.6. The summed E-state index contributed by atoms with van der Waals surface area (Å²) < 4.78 is 0.775. The van der Waals surface area contributed by atoms with Crippen molar-refractivity contribution in [1.82, 2.24) is 0 Å². The van der Waals surface area contributed by atoms with E-state index in [1.807, 2.05) is 0 Å². The fraction of sp³-hybridized carbons (Fsp3) is 0. The first kappa shape index (κ1) is 8.11. The minimum absolute atomic E-state index is 0.0866. The van der Waals surface area contributed by atoms with Crippen LogP contribution in [0.2, 0.25) is 0 Å². The van der Waals surface area contributed by atoms with Crippen LogP contribution in [0.15, 0.2) is 18.2 Å². The van der Waals surface area contributed by atoms with Crippen LogP contribution in [-0.2, 0) is 0 Å². The number of primary amides is 1. The molecule has 0 aliphatic rings. The Balaban J connectivity index is 3.23. The zero-order chi connectivity index (χ0) is 8.43. The van der Waals surface area contributed by atoms with Crippen LogP contribution in [-0.4, -0.2) is 27.0 Å². The Morgan fingerprint density at radius 3 is 2.64 bits per heavy atom. The molecule has 3 N–H and O–H groups in total. The molecule has 0 bridgehead atoms. The van der Waals surface area contributed by atoms with E-state index in [-0.39, 0.29) is 11.3 Å². The van der Waals surface area contributed by atoms with Gasteiger partial charge in [0.15, 0.2) is 0 Å². The Labute approximate surface area is 72.0 Å². The number of nitrogens with two attached hydrogens (primary N) is 1. The van der Waals surface area contributed by atoms with Gasteiger partial charge in [0.2, 0.25) is 0 Å². The van der Waals surface area contributed by atoms with Crippen molar-refractivity contribution in [1.29, 1.82) is 0 Å². The minimum atomic E-state index is -0.625. The van der Waals surface area contributed by atoms with Gasteiger partial charge in [-0.1, -0.05) is 0 Å². The number of hydrogen-bond acceptors (Lipinski definition) is 2. The Morgan fingerprint density at radius 1 is 1.55 bits per heavy atom. The molecule has 1 aromatic rings. The van der Waals surface area contributed by atoms with Gasteiger partial charge in [-0.15, -0.1) is 0 Å². The van der Waals surface area contributed by atoms with Crippen LogP contribution in [0.3, 0.4) is 0 Å². The van der Waals surface area contributed by atoms with Crippen LogP contribution in [0.1, 0.15) is 10.4 Å². The molecule has 0 spiro atoms. The van der Waals surface area contributed by atoms with Gasteiger partial charge in [-0.2, -0.15) is 0 Å². The molecule has 11 heavy (non-hydrogen) atoms. The molecule has 0 aromatic heterocycles. The molecular weight excluding hydrogens is 209 g/mol. The monoisotopic (exact) mass is 216 g/mol. The molecule has 1 amide bonds. The molecule has 57 valence electrons. The Kier molecular flexibility index (Phi) is 2.17. The summed E-state index contributed by atoms with van der Waals surface area (Å²) in [4.78, 5) is 10.6. The second-order valence-corrected chi connectivity index (χ2v) is 3.03. The number of amides is 1. The van der Waals surface area contributed by atoms with Gasteiger partial charge in [-0.3, -0.25) is 0 Å². The maximum absolute atomic E-state index is 10.6. The number of aromatic hydroxyl groups is 1. The molecule has 1 aromatic carbocycles. The van der Waals surface area contributed by atoms with E-state index in [1.165, 1.54) is 12.1 Å². The van der Waals surface area contributed by atoms with Crippen LogP contribution in [0.25, 0.3) is 0 Å². The predicted molar refractivity (Wildman–Crippen MR) is 42.0 cm³/mol. The van der Waals surface area contributed by atoms with Crippen molar-refractivity contribution in [2.75, 3.05) is 0 Å². The van der Waals surface area contributed by atoms with Gasteiger partial charge in [-0.05, 0) is 0 Å². The third-order valence-electron chi connectivity index (χ3n) is 1.23. The molecule has 1 radical (unpaired) electrons. The van der Waals surface area contributed by atoms with Crippen molar-refractivity contribution in [2.45, 2.75) is 0 Å². The average Bonchev–Trinajstić information content (AvgIpc) is 1.94. The first-order valence-corrected chi connectivity index (χ1v) is 3.77. The van der Waals surface area contributed by atoms with E-state index >= 15 is 0 Å². The summed E-state index contributed by atoms with van der Waals surface area (Å²) in [6, 6.07) is 4.57. The molecule has 0 fully saturated rings. The van der Waals surface area contributed by atoms with Gasteiger partial charge >= 0.3 is 71.5 Å². The van der Waals surface area contributed by atoms with Crippen molar-refractivity contribution in [3.8, 4) is 5.75 Å². The standard InChI is InChI=1S/C7H6NO2Se/c8-7(10)5-3-4(11)1-2-6(5)9/h1-3,9H,(H2,8,10). The molecule has 3 nitrogen and oxygen atoms in total. The number of carbonyl (C=O) groups is 1. The molecule has 0 saturated heterocycles. The van der Waals surface area contributed by atoms with Crippen molar-refractivity contribution < 1.29 is 9.90 Å². The topological polar surface area (TPSA) is 63.3 Å². The van der Waals surface area contributed by atoms with Crippen LogP contribution in [0, 0.1) is 0 Å². The second-order valence-electron chi connectivity index (χ2n) is 2.04. The molecule has 0 aliphatic heterocycles. The summed E-state index contributed by atoms with van der Waals surface area (Å²) in [6.07, 6.45) is 0. The third-order valence-corrected chi connectivity index (χ3v) is 1.77. The fourth-order valence-corrected chi connectivity index (χ4v) is 1.10. The zero-order valence-electron chi connectivity index (χ0n) is 5.57. The Bertz CT molecular complexity index is 298. The summed E-state index contributed by atoms with van der Waals surface area (Å²) >= 11 is 2.71. The molecule has 4 heteroatoms. The van der Waals surface area contributed by atoms with Gasteiger partial charge in [-0.25, -0.2) is 0 Å². The number of rotatable bonds is 1. The average molecular weight is 215 g/mol. The van der Waals surface area contributed by atoms with E-state index in [1.54, 1.807) is 6.07 Å². The number of hydrogen-bond donors (Lipinski definition) is 2. The molecule has 0 atom stereocenters. The summed E-state index contributed by atoms with van der Waals surface area (Å²) in [5.74, 6) is -0.712. The van der Waals surface area contributed by atoms with Gasteiger partial charge < -0.3 is 0 Å². The summed E-state index contributed by atoms with van der Waals surface area (Å²) in [7, 11) is 0. The fourth-order valence-electron chi connectivity index (χ4n) is 0.713. The van der Waals surface area contributed by atoms with Crippen molar-refractivity contribution in [3.05, 3.63) is 23.8 Å². The van der Waals surface area contributed by atoms with Gasteiger partial charge in [0.25, 0.3) is 0 Å². The van der Waals surface area contributed by atoms with E-state index in [4.69, 9.17) is 10.8 Å². The Morgan fingerprint density at radius 2 is 2.18 bits per heavy atom. The predicted octanol–water partition coefficient (Wildman–Crippen LogP) is -0.715. The number of benzene rings is 1. The van der Waals surface area contributed by atoms with Crippen molar-refractivity contribution in [3.63, 3.8) is 0 Å². The summed E-state index contributed by atoms with van der Waals surface area (Å²) in [6.45, 7) is 0. The third kappa shape index (κ3) is 1.73. The van der Waals surface area contributed by atoms with E-state index in [9.17, 15) is 4.79 Å². The van der Waals surface area contributed by atoms with Crippen molar-refractivity contribution in [2.24, 2.45) is 5.73 Å². The first-order valence-electron chi connectivity index (χ1n) is 2.91. The van der Waals surface area contributed by atoms with Crippen LogP contribution < -0.4 is 10.2 Å². The zero-order valence-corrected chi connectivity index (χ0v) is 7.29. The number of carbonyl (C=O) groups excluding carboxylic acids is 1. The summed E-state index contributed by atoms with van der Waals surface area (Å²) in [5, 5.41) is 9.09. The molecular formula is C7H6NO2Se. The molecule has 0 aliphatic carbocycles. The van der Waals surface area contributed by atoms with Crippen LogP contribution in [0.5, 0.6) is 5.75 Å². The van der Waals surface area contributed by atoms with Gasteiger partial charge in [0.05, 0.1) is 0 Å².